The van der Waals surface area contributed by atoms with Crippen molar-refractivity contribution in [3.8, 4) is 0 Å². The molecule has 1 saturated heterocycles. The number of halogens is 1. The third kappa shape index (κ3) is 6.70. The van der Waals surface area contributed by atoms with Crippen LogP contribution in [-0.4, -0.2) is 48.9 Å². The number of rotatable bonds is 8. The molecule has 40 heavy (non-hydrogen) atoms. The summed E-state index contributed by atoms with van der Waals surface area (Å²) in [6.45, 7) is 5.15. The zero-order valence-corrected chi connectivity index (χ0v) is 24.1. The average Bonchev–Trinajstić information content (AvgIpc) is 3.01. The number of benzene rings is 2. The molecule has 1 atom stereocenters. The molecule has 5 nitrogen and oxygen atoms in total. The van der Waals surface area contributed by atoms with Crippen LogP contribution < -0.4 is 10.2 Å². The molecule has 3 aliphatic rings. The Balaban J connectivity index is 1.12. The lowest BCUT2D eigenvalue weighted by Gasteiger charge is -2.41. The van der Waals surface area contributed by atoms with Crippen LogP contribution in [0.15, 0.2) is 54.6 Å². The van der Waals surface area contributed by atoms with Gasteiger partial charge in [-0.3, -0.25) is 9.59 Å². The third-order valence-corrected chi connectivity index (χ3v) is 10.0. The van der Waals surface area contributed by atoms with E-state index in [9.17, 15) is 14.0 Å². The standard InChI is InChI=1S/C34H46FN3O2/c1-26(28-8-4-2-5-9-28)36-33(40)34(29-10-6-3-7-11-29)20-18-27(19-21-34)12-17-32(39)38-24-22-37(23-25-38)31-15-13-30(35)14-16-31/h3,6-7,10-11,13-16,26-28H,2,4-5,8-9,12,17-25H2,1H3,(H,36,40). The zero-order chi connectivity index (χ0) is 28.0. The van der Waals surface area contributed by atoms with Crippen molar-refractivity contribution < 1.29 is 14.0 Å². The Morgan fingerprint density at radius 1 is 0.900 bits per heavy atom. The summed E-state index contributed by atoms with van der Waals surface area (Å²) in [4.78, 5) is 31.2. The van der Waals surface area contributed by atoms with Crippen LogP contribution in [0, 0.1) is 17.7 Å². The number of carbonyl (C=O) groups excluding carboxylic acids is 2. The highest BCUT2D eigenvalue weighted by atomic mass is 19.1. The van der Waals surface area contributed by atoms with Gasteiger partial charge < -0.3 is 15.1 Å². The molecule has 2 aliphatic carbocycles. The summed E-state index contributed by atoms with van der Waals surface area (Å²) in [5.41, 5.74) is 1.67. The van der Waals surface area contributed by atoms with E-state index >= 15 is 0 Å². The number of nitrogens with zero attached hydrogens (tertiary/aromatic N) is 2. The van der Waals surface area contributed by atoms with Gasteiger partial charge in [0, 0.05) is 44.3 Å². The number of amides is 2. The van der Waals surface area contributed by atoms with Gasteiger partial charge in [-0.1, -0.05) is 49.6 Å². The maximum absolute atomic E-state index is 13.9. The first-order valence-electron chi connectivity index (χ1n) is 15.6. The van der Waals surface area contributed by atoms with Crippen molar-refractivity contribution in [2.75, 3.05) is 31.1 Å². The van der Waals surface area contributed by atoms with E-state index in [1.54, 1.807) is 0 Å². The minimum atomic E-state index is -0.471. The summed E-state index contributed by atoms with van der Waals surface area (Å²) in [6.07, 6.45) is 11.4. The van der Waals surface area contributed by atoms with Crippen LogP contribution in [-0.2, 0) is 15.0 Å². The molecule has 2 aromatic rings. The predicted octanol–water partition coefficient (Wildman–Crippen LogP) is 6.47. The fourth-order valence-electron chi connectivity index (χ4n) is 7.31. The number of anilines is 1. The van der Waals surface area contributed by atoms with E-state index in [4.69, 9.17) is 0 Å². The highest BCUT2D eigenvalue weighted by Crippen LogP contribution is 2.43. The SMILES string of the molecule is CC(NC(=O)C1(c2ccccc2)CCC(CCC(=O)N2CCN(c3ccc(F)cc3)CC2)CC1)C1CCCCC1. The second-order valence-electron chi connectivity index (χ2n) is 12.4. The molecule has 0 radical (unpaired) electrons. The van der Waals surface area contributed by atoms with Gasteiger partial charge in [0.15, 0.2) is 0 Å². The molecule has 0 bridgehead atoms. The predicted molar refractivity (Wildman–Crippen MR) is 159 cm³/mol. The first-order chi connectivity index (χ1) is 19.4. The third-order valence-electron chi connectivity index (χ3n) is 10.0. The Morgan fingerprint density at radius 2 is 1.55 bits per heavy atom. The van der Waals surface area contributed by atoms with Gasteiger partial charge in [0.05, 0.1) is 5.41 Å². The van der Waals surface area contributed by atoms with Gasteiger partial charge in [-0.15, -0.1) is 0 Å². The minimum absolute atomic E-state index is 0.199. The minimum Gasteiger partial charge on any atom is -0.368 e. The molecular weight excluding hydrogens is 501 g/mol. The highest BCUT2D eigenvalue weighted by molar-refractivity contribution is 5.88. The Morgan fingerprint density at radius 3 is 2.20 bits per heavy atom. The van der Waals surface area contributed by atoms with Crippen LogP contribution in [0.25, 0.3) is 0 Å². The van der Waals surface area contributed by atoms with Gasteiger partial charge in [-0.2, -0.15) is 0 Å². The maximum Gasteiger partial charge on any atom is 0.230 e. The molecule has 2 saturated carbocycles. The van der Waals surface area contributed by atoms with Crippen LogP contribution in [0.5, 0.6) is 0 Å². The molecule has 216 valence electrons. The monoisotopic (exact) mass is 547 g/mol. The van der Waals surface area contributed by atoms with Gasteiger partial charge in [0.25, 0.3) is 0 Å². The first-order valence-corrected chi connectivity index (χ1v) is 15.6. The van der Waals surface area contributed by atoms with E-state index < -0.39 is 5.41 Å². The quantitative estimate of drug-likeness (QED) is 0.412. The second-order valence-corrected chi connectivity index (χ2v) is 12.4. The van der Waals surface area contributed by atoms with Crippen molar-refractivity contribution >= 4 is 17.5 Å². The van der Waals surface area contributed by atoms with E-state index in [1.165, 1.54) is 44.2 Å². The normalized spacial score (nSPS) is 24.9. The van der Waals surface area contributed by atoms with Crippen LogP contribution in [0.1, 0.15) is 83.1 Å². The summed E-state index contributed by atoms with van der Waals surface area (Å²) >= 11 is 0. The van der Waals surface area contributed by atoms with Crippen LogP contribution >= 0.6 is 0 Å². The van der Waals surface area contributed by atoms with E-state index in [1.807, 2.05) is 23.1 Å². The summed E-state index contributed by atoms with van der Waals surface area (Å²) in [7, 11) is 0. The lowest BCUT2D eigenvalue weighted by Crippen LogP contribution is -2.51. The Hall–Kier alpha value is -2.89. The van der Waals surface area contributed by atoms with Gasteiger partial charge in [0.2, 0.25) is 11.8 Å². The van der Waals surface area contributed by atoms with Crippen molar-refractivity contribution in [2.24, 2.45) is 11.8 Å². The lowest BCUT2D eigenvalue weighted by atomic mass is 9.65. The Kier molecular flexibility index (Phi) is 9.44. The molecule has 1 aliphatic heterocycles. The maximum atomic E-state index is 13.9. The zero-order valence-electron chi connectivity index (χ0n) is 24.1. The lowest BCUT2D eigenvalue weighted by molar-refractivity contribution is -0.132. The average molecular weight is 548 g/mol. The van der Waals surface area contributed by atoms with Gasteiger partial charge >= 0.3 is 0 Å². The van der Waals surface area contributed by atoms with E-state index in [0.717, 1.165) is 56.4 Å². The number of hydrogen-bond donors (Lipinski definition) is 1. The number of nitrogens with one attached hydrogen (secondary N) is 1. The van der Waals surface area contributed by atoms with Gasteiger partial charge in [-0.05, 0) is 93.5 Å². The van der Waals surface area contributed by atoms with Gasteiger partial charge in [-0.25, -0.2) is 4.39 Å². The molecule has 1 unspecified atom stereocenters. The van der Waals surface area contributed by atoms with E-state index in [-0.39, 0.29) is 23.7 Å². The van der Waals surface area contributed by atoms with Crippen LogP contribution in [0.4, 0.5) is 10.1 Å². The van der Waals surface area contributed by atoms with Crippen molar-refractivity contribution in [2.45, 2.75) is 89.0 Å². The fraction of sp³-hybridized carbons (Fsp3) is 0.588. The smallest absolute Gasteiger partial charge is 0.230 e. The van der Waals surface area contributed by atoms with E-state index in [0.29, 0.717) is 31.3 Å². The number of hydrogen-bond acceptors (Lipinski definition) is 3. The fourth-order valence-corrected chi connectivity index (χ4v) is 7.31. The van der Waals surface area contributed by atoms with Crippen molar-refractivity contribution in [1.29, 1.82) is 0 Å². The summed E-state index contributed by atoms with van der Waals surface area (Å²) in [6, 6.07) is 17.2. The van der Waals surface area contributed by atoms with Gasteiger partial charge in [0.1, 0.15) is 5.82 Å². The molecule has 6 heteroatoms. The first kappa shape index (κ1) is 28.6. The summed E-state index contributed by atoms with van der Waals surface area (Å²) in [5, 5.41) is 3.46. The number of carbonyl (C=O) groups is 2. The molecule has 1 heterocycles. The second kappa shape index (κ2) is 13.2. The molecule has 2 amide bonds. The molecule has 2 aromatic carbocycles. The molecule has 0 spiro atoms. The Bertz CT molecular complexity index is 1100. The molecule has 5 rings (SSSR count). The molecule has 0 aromatic heterocycles. The highest BCUT2D eigenvalue weighted by Gasteiger charge is 2.44. The topological polar surface area (TPSA) is 52.7 Å². The van der Waals surface area contributed by atoms with Crippen molar-refractivity contribution in [1.82, 2.24) is 10.2 Å². The Labute approximate surface area is 239 Å². The molecule has 3 fully saturated rings. The van der Waals surface area contributed by atoms with Crippen molar-refractivity contribution in [3.63, 3.8) is 0 Å². The summed E-state index contributed by atoms with van der Waals surface area (Å²) in [5.74, 6) is 1.27. The largest absolute Gasteiger partial charge is 0.368 e. The van der Waals surface area contributed by atoms with Crippen LogP contribution in [0.3, 0.4) is 0 Å². The van der Waals surface area contributed by atoms with Crippen LogP contribution in [0.2, 0.25) is 0 Å². The van der Waals surface area contributed by atoms with E-state index in [2.05, 4.69) is 41.4 Å². The molecular formula is C34H46FN3O2. The summed E-state index contributed by atoms with van der Waals surface area (Å²) < 4.78 is 13.3. The van der Waals surface area contributed by atoms with Crippen molar-refractivity contribution in [3.05, 3.63) is 66.0 Å². The number of piperazine rings is 1. The molecule has 1 N–H and O–H groups in total.